The number of amides is 3. The van der Waals surface area contributed by atoms with Gasteiger partial charge in [-0.1, -0.05) is 76.9 Å². The fourth-order valence-electron chi connectivity index (χ4n) is 4.89. The molecule has 1 aliphatic heterocycles. The Bertz CT molecular complexity index is 1190. The lowest BCUT2D eigenvalue weighted by molar-refractivity contribution is -0.126. The topological polar surface area (TPSA) is 70.7 Å². The highest BCUT2D eigenvalue weighted by Gasteiger charge is 2.28. The summed E-state index contributed by atoms with van der Waals surface area (Å²) in [5.41, 5.74) is 3.37. The zero-order valence-electron chi connectivity index (χ0n) is 25.5. The minimum Gasteiger partial charge on any atom is -0.493 e. The summed E-state index contributed by atoms with van der Waals surface area (Å²) in [6, 6.07) is 11.5. The van der Waals surface area contributed by atoms with E-state index in [0.29, 0.717) is 54.8 Å². The zero-order chi connectivity index (χ0) is 30.2. The van der Waals surface area contributed by atoms with Crippen LogP contribution in [0.5, 0.6) is 5.75 Å². The smallest absolute Gasteiger partial charge is 0.321 e. The lowest BCUT2D eigenvalue weighted by Gasteiger charge is -2.31. The van der Waals surface area contributed by atoms with Gasteiger partial charge in [0.1, 0.15) is 5.75 Å². The predicted octanol–water partition coefficient (Wildman–Crippen LogP) is 8.59. The summed E-state index contributed by atoms with van der Waals surface area (Å²) < 4.78 is 6.27. The third-order valence-corrected chi connectivity index (χ3v) is 9.45. The zero-order valence-corrected chi connectivity index (χ0v) is 27.1. The van der Waals surface area contributed by atoms with Crippen molar-refractivity contribution >= 4 is 40.8 Å². The van der Waals surface area contributed by atoms with Gasteiger partial charge in [0.25, 0.3) is 0 Å². The molecule has 2 aromatic rings. The molecular weight excluding hydrogens is 557 g/mol. The van der Waals surface area contributed by atoms with Gasteiger partial charge in [0.2, 0.25) is 5.91 Å². The minimum atomic E-state index is -0.198. The molecule has 1 fully saturated rings. The lowest BCUT2D eigenvalue weighted by atomic mass is 9.76. The Labute approximate surface area is 256 Å². The van der Waals surface area contributed by atoms with Crippen molar-refractivity contribution in [2.75, 3.05) is 31.6 Å². The van der Waals surface area contributed by atoms with Gasteiger partial charge >= 0.3 is 6.03 Å². The molecule has 1 heterocycles. The Hall–Kier alpha value is -2.44. The van der Waals surface area contributed by atoms with Crippen molar-refractivity contribution < 1.29 is 14.3 Å². The molecule has 0 radical (unpaired) electrons. The van der Waals surface area contributed by atoms with Crippen LogP contribution in [-0.2, 0) is 15.6 Å². The number of carbonyl (C=O) groups excluding carboxylic acids is 2. The first-order valence-corrected chi connectivity index (χ1v) is 15.7. The minimum absolute atomic E-state index is 0.0307. The summed E-state index contributed by atoms with van der Waals surface area (Å²) in [6.45, 7) is 15.9. The second-order valence-corrected chi connectivity index (χ2v) is 13.2. The van der Waals surface area contributed by atoms with Gasteiger partial charge in [-0.15, -0.1) is 0 Å². The maximum absolute atomic E-state index is 12.7. The van der Waals surface area contributed by atoms with Gasteiger partial charge in [-0.3, -0.25) is 4.79 Å². The number of benzene rings is 2. The third-order valence-electron chi connectivity index (χ3n) is 8.71. The lowest BCUT2D eigenvalue weighted by Crippen LogP contribution is -2.44. The van der Waals surface area contributed by atoms with Crippen LogP contribution in [0.25, 0.3) is 0 Å². The highest BCUT2D eigenvalue weighted by atomic mass is 35.5. The number of unbranched alkanes of at least 4 members (excludes halogenated alkanes) is 1. The average Bonchev–Trinajstić information content (AvgIpc) is 2.96. The Morgan fingerprint density at radius 1 is 0.927 bits per heavy atom. The molecule has 0 aromatic heterocycles. The van der Waals surface area contributed by atoms with E-state index < -0.39 is 0 Å². The van der Waals surface area contributed by atoms with Crippen LogP contribution < -0.4 is 15.4 Å². The number of rotatable bonds is 12. The second kappa shape index (κ2) is 14.6. The van der Waals surface area contributed by atoms with E-state index in [4.69, 9.17) is 27.9 Å². The van der Waals surface area contributed by atoms with E-state index in [1.54, 1.807) is 23.1 Å². The van der Waals surface area contributed by atoms with E-state index >= 15 is 0 Å². The fraction of sp³-hybridized carbons (Fsp3) is 0.576. The van der Waals surface area contributed by atoms with Crippen molar-refractivity contribution in [1.29, 1.82) is 0 Å². The van der Waals surface area contributed by atoms with Gasteiger partial charge in [-0.05, 0) is 79.2 Å². The first-order valence-electron chi connectivity index (χ1n) is 14.9. The monoisotopic (exact) mass is 603 g/mol. The van der Waals surface area contributed by atoms with Crippen LogP contribution in [0.2, 0.25) is 10.0 Å². The Morgan fingerprint density at radius 3 is 2.24 bits per heavy atom. The van der Waals surface area contributed by atoms with Gasteiger partial charge in [-0.2, -0.15) is 0 Å². The van der Waals surface area contributed by atoms with E-state index in [1.807, 2.05) is 0 Å². The first-order chi connectivity index (χ1) is 19.4. The molecule has 0 saturated carbocycles. The van der Waals surface area contributed by atoms with Gasteiger partial charge in [0.05, 0.1) is 16.7 Å². The van der Waals surface area contributed by atoms with Crippen LogP contribution in [0, 0.1) is 5.92 Å². The molecule has 2 N–H and O–H groups in total. The SMILES string of the molecule is CCC(C)(C)c1ccc(OCCCCNC(=O)C2CCN(C(=O)Nc3ccc(Cl)c(Cl)c3)CC2)c(C(C)(C)CC)c1. The van der Waals surface area contributed by atoms with Crippen molar-refractivity contribution in [2.24, 2.45) is 5.92 Å². The number of nitrogens with one attached hydrogen (secondary N) is 2. The molecule has 1 aliphatic rings. The van der Waals surface area contributed by atoms with Crippen molar-refractivity contribution in [3.05, 3.63) is 57.6 Å². The van der Waals surface area contributed by atoms with Crippen LogP contribution in [-0.4, -0.2) is 43.1 Å². The maximum atomic E-state index is 12.7. The summed E-state index contributed by atoms with van der Waals surface area (Å²) in [5.74, 6) is 0.952. The Balaban J connectivity index is 1.39. The summed E-state index contributed by atoms with van der Waals surface area (Å²) in [4.78, 5) is 27.1. The Kier molecular flexibility index (Phi) is 11.8. The molecule has 0 atom stereocenters. The van der Waals surface area contributed by atoms with Crippen molar-refractivity contribution in [1.82, 2.24) is 10.2 Å². The largest absolute Gasteiger partial charge is 0.493 e. The maximum Gasteiger partial charge on any atom is 0.321 e. The fourth-order valence-corrected chi connectivity index (χ4v) is 5.18. The van der Waals surface area contributed by atoms with Crippen LogP contribution >= 0.6 is 23.2 Å². The molecule has 3 rings (SSSR count). The number of ether oxygens (including phenoxy) is 1. The molecule has 0 bridgehead atoms. The number of halogens is 2. The molecular formula is C33H47Cl2N3O3. The second-order valence-electron chi connectivity index (χ2n) is 12.4. The third kappa shape index (κ3) is 9.02. The molecule has 0 aliphatic carbocycles. The number of piperidine rings is 1. The van der Waals surface area contributed by atoms with E-state index in [0.717, 1.165) is 31.4 Å². The molecule has 0 spiro atoms. The standard InChI is InChI=1S/C33H47Cl2N3O3/c1-7-32(3,4)24-11-14-29(26(21-24)33(5,6)8-2)41-20-10-9-17-36-30(39)23-15-18-38(19-16-23)31(40)37-25-12-13-27(34)28(35)22-25/h11-14,21-23H,7-10,15-20H2,1-6H3,(H,36,39)(H,37,40). The van der Waals surface area contributed by atoms with Crippen LogP contribution in [0.4, 0.5) is 10.5 Å². The van der Waals surface area contributed by atoms with Crippen molar-refractivity contribution in [2.45, 2.75) is 90.9 Å². The van der Waals surface area contributed by atoms with E-state index in [9.17, 15) is 9.59 Å². The van der Waals surface area contributed by atoms with Crippen molar-refractivity contribution in [3.63, 3.8) is 0 Å². The highest BCUT2D eigenvalue weighted by Crippen LogP contribution is 2.38. The number of urea groups is 1. The molecule has 1 saturated heterocycles. The number of hydrogen-bond donors (Lipinski definition) is 2. The van der Waals surface area contributed by atoms with Crippen LogP contribution in [0.15, 0.2) is 36.4 Å². The average molecular weight is 605 g/mol. The van der Waals surface area contributed by atoms with Gasteiger partial charge in [-0.25, -0.2) is 4.79 Å². The molecule has 2 aromatic carbocycles. The highest BCUT2D eigenvalue weighted by molar-refractivity contribution is 6.42. The first kappa shape index (κ1) is 33.1. The molecule has 6 nitrogen and oxygen atoms in total. The number of anilines is 1. The summed E-state index contributed by atoms with van der Waals surface area (Å²) >= 11 is 12.0. The molecule has 226 valence electrons. The summed E-state index contributed by atoms with van der Waals surface area (Å²) in [7, 11) is 0. The van der Waals surface area contributed by atoms with E-state index in [-0.39, 0.29) is 28.7 Å². The molecule has 8 heteroatoms. The molecule has 0 unspecified atom stereocenters. The van der Waals surface area contributed by atoms with Gasteiger partial charge in [0, 0.05) is 36.8 Å². The summed E-state index contributed by atoms with van der Waals surface area (Å²) in [6.07, 6.45) is 5.12. The van der Waals surface area contributed by atoms with Crippen LogP contribution in [0.1, 0.15) is 91.2 Å². The number of hydrogen-bond acceptors (Lipinski definition) is 3. The number of likely N-dealkylation sites (tertiary alicyclic amines) is 1. The Morgan fingerprint density at radius 2 is 1.61 bits per heavy atom. The van der Waals surface area contributed by atoms with Crippen molar-refractivity contribution in [3.8, 4) is 5.75 Å². The number of nitrogens with zero attached hydrogens (tertiary/aromatic N) is 1. The summed E-state index contributed by atoms with van der Waals surface area (Å²) in [5, 5.41) is 6.76. The van der Waals surface area contributed by atoms with E-state index in [1.165, 1.54) is 11.1 Å². The molecule has 41 heavy (non-hydrogen) atoms. The normalized spacial score (nSPS) is 14.6. The van der Waals surface area contributed by atoms with E-state index in [2.05, 4.69) is 70.4 Å². The quantitative estimate of drug-likeness (QED) is 0.239. The van der Waals surface area contributed by atoms with Crippen LogP contribution in [0.3, 0.4) is 0 Å². The molecule has 3 amide bonds. The van der Waals surface area contributed by atoms with Gasteiger partial charge < -0.3 is 20.3 Å². The predicted molar refractivity (Wildman–Crippen MR) is 171 cm³/mol. The van der Waals surface area contributed by atoms with Gasteiger partial charge in [0.15, 0.2) is 0 Å². The number of carbonyl (C=O) groups is 2.